The van der Waals surface area contributed by atoms with Gasteiger partial charge in [-0.2, -0.15) is 0 Å². The monoisotopic (exact) mass is 424 g/mol. The van der Waals surface area contributed by atoms with E-state index in [9.17, 15) is 9.18 Å². The Bertz CT molecular complexity index is 1090. The van der Waals surface area contributed by atoms with Gasteiger partial charge in [0.2, 0.25) is 5.95 Å². The summed E-state index contributed by atoms with van der Waals surface area (Å²) < 4.78 is 18.1. The van der Waals surface area contributed by atoms with Gasteiger partial charge < -0.3 is 14.6 Å². The fourth-order valence-electron chi connectivity index (χ4n) is 4.83. The van der Waals surface area contributed by atoms with Crippen LogP contribution in [0.3, 0.4) is 0 Å². The van der Waals surface area contributed by atoms with Gasteiger partial charge in [0.15, 0.2) is 11.7 Å². The third-order valence-electron chi connectivity index (χ3n) is 6.20. The Labute approximate surface area is 179 Å². The number of nitrogens with zero attached hydrogens (tertiary/aromatic N) is 4. The van der Waals surface area contributed by atoms with Crippen LogP contribution in [0.4, 0.5) is 15.1 Å². The molecule has 2 bridgehead atoms. The van der Waals surface area contributed by atoms with Gasteiger partial charge in [-0.1, -0.05) is 12.1 Å². The maximum atomic E-state index is 13.0. The molecule has 0 spiro atoms. The van der Waals surface area contributed by atoms with Crippen molar-refractivity contribution in [2.75, 3.05) is 18.5 Å². The van der Waals surface area contributed by atoms with Gasteiger partial charge in [0.1, 0.15) is 6.67 Å². The number of rotatable bonds is 5. The highest BCUT2D eigenvalue weighted by molar-refractivity contribution is 5.90. The molecule has 2 aliphatic rings. The highest BCUT2D eigenvalue weighted by Crippen LogP contribution is 2.36. The molecule has 2 N–H and O–H groups in total. The molecular weight excluding hydrogens is 399 g/mol. The van der Waals surface area contributed by atoms with Crippen molar-refractivity contribution in [3.05, 3.63) is 36.5 Å². The normalized spacial score (nSPS) is 22.8. The number of fused-ring (bicyclic) bond motifs is 3. The van der Waals surface area contributed by atoms with Crippen LogP contribution in [0.2, 0.25) is 0 Å². The average Bonchev–Trinajstić information content (AvgIpc) is 3.32. The molecule has 1 aromatic carbocycles. The molecule has 4 heterocycles. The predicted octanol–water partition coefficient (Wildman–Crippen LogP) is 3.68. The molecule has 162 valence electrons. The van der Waals surface area contributed by atoms with Crippen molar-refractivity contribution < 1.29 is 13.6 Å². The van der Waals surface area contributed by atoms with Crippen LogP contribution in [0.1, 0.15) is 31.6 Å². The van der Waals surface area contributed by atoms with Gasteiger partial charge in [0.05, 0.1) is 11.7 Å². The van der Waals surface area contributed by atoms with Crippen LogP contribution in [-0.4, -0.2) is 57.2 Å². The number of alkyl halides is 1. The van der Waals surface area contributed by atoms with E-state index in [-0.39, 0.29) is 36.8 Å². The summed E-state index contributed by atoms with van der Waals surface area (Å²) in [4.78, 5) is 27.9. The van der Waals surface area contributed by atoms with E-state index in [1.165, 1.54) is 0 Å². The predicted molar refractivity (Wildman–Crippen MR) is 114 cm³/mol. The number of piperidine rings is 1. The number of hydrogen-bond donors (Lipinski definition) is 2. The first-order valence-corrected chi connectivity index (χ1v) is 10.7. The molecular formula is C22H25FN6O2. The molecule has 2 fully saturated rings. The Morgan fingerprint density at radius 2 is 2.03 bits per heavy atom. The second-order valence-corrected chi connectivity index (χ2v) is 8.24. The van der Waals surface area contributed by atoms with E-state index in [0.717, 1.165) is 36.6 Å². The summed E-state index contributed by atoms with van der Waals surface area (Å²) in [6, 6.07) is 6.19. The van der Waals surface area contributed by atoms with Crippen LogP contribution in [0.15, 0.2) is 35.0 Å². The number of carbonyl (C=O) groups excluding carboxylic acids is 1. The van der Waals surface area contributed by atoms with Crippen molar-refractivity contribution in [3.63, 3.8) is 0 Å². The van der Waals surface area contributed by atoms with Crippen molar-refractivity contribution in [3.8, 4) is 11.3 Å². The van der Waals surface area contributed by atoms with E-state index in [1.807, 2.05) is 23.1 Å². The molecule has 8 nitrogen and oxygen atoms in total. The standard InChI is InChI=1S/C22H25FN6O2/c1-13-25-12-20(31-13)14-2-3-15-11-26-21(27-19(15)8-14)28-22(30)29-17-4-5-18(29)10-16(9-17)24-7-6-23/h2-3,8,11-12,16-18,24H,4-7,9-10H2,1H3,(H,26,27,28,30)/t16?,17-,18+. The fourth-order valence-corrected chi connectivity index (χ4v) is 4.83. The summed E-state index contributed by atoms with van der Waals surface area (Å²) in [5.74, 6) is 1.55. The number of halogens is 1. The molecule has 1 unspecified atom stereocenters. The molecule has 3 aromatic rings. The van der Waals surface area contributed by atoms with Gasteiger partial charge in [-0.3, -0.25) is 5.32 Å². The van der Waals surface area contributed by atoms with Crippen molar-refractivity contribution in [2.45, 2.75) is 50.7 Å². The molecule has 2 amide bonds. The van der Waals surface area contributed by atoms with Gasteiger partial charge in [-0.15, -0.1) is 0 Å². The molecule has 2 aliphatic heterocycles. The number of hydrogen-bond acceptors (Lipinski definition) is 6. The first kappa shape index (κ1) is 19.9. The summed E-state index contributed by atoms with van der Waals surface area (Å²) >= 11 is 0. The Balaban J connectivity index is 1.31. The van der Waals surface area contributed by atoms with Crippen LogP contribution in [0.25, 0.3) is 22.2 Å². The molecule has 2 aromatic heterocycles. The number of anilines is 1. The van der Waals surface area contributed by atoms with E-state index >= 15 is 0 Å². The maximum Gasteiger partial charge on any atom is 0.324 e. The van der Waals surface area contributed by atoms with Crippen LogP contribution in [0.5, 0.6) is 0 Å². The average molecular weight is 424 g/mol. The van der Waals surface area contributed by atoms with E-state index in [2.05, 4.69) is 25.6 Å². The largest absolute Gasteiger partial charge is 0.441 e. The minimum atomic E-state index is -0.368. The molecule has 0 radical (unpaired) electrons. The number of urea groups is 1. The highest BCUT2D eigenvalue weighted by atomic mass is 19.1. The van der Waals surface area contributed by atoms with Crippen LogP contribution >= 0.6 is 0 Å². The van der Waals surface area contributed by atoms with Gasteiger partial charge in [-0.05, 0) is 31.7 Å². The van der Waals surface area contributed by atoms with Gasteiger partial charge in [0.25, 0.3) is 0 Å². The number of aryl methyl sites for hydroxylation is 1. The number of amides is 2. The zero-order valence-electron chi connectivity index (χ0n) is 17.3. The number of carbonyl (C=O) groups is 1. The lowest BCUT2D eigenvalue weighted by atomic mass is 9.97. The summed E-state index contributed by atoms with van der Waals surface area (Å²) in [5, 5.41) is 7.00. The topological polar surface area (TPSA) is 96.2 Å². The first-order valence-electron chi connectivity index (χ1n) is 10.7. The lowest BCUT2D eigenvalue weighted by molar-refractivity contribution is 0.141. The zero-order valence-corrected chi connectivity index (χ0v) is 17.3. The van der Waals surface area contributed by atoms with E-state index in [1.54, 1.807) is 19.3 Å². The summed E-state index contributed by atoms with van der Waals surface area (Å²) in [6.07, 6.45) is 7.04. The summed E-state index contributed by atoms with van der Waals surface area (Å²) in [5.41, 5.74) is 1.58. The van der Waals surface area contributed by atoms with Gasteiger partial charge in [-0.25, -0.2) is 24.1 Å². The minimum absolute atomic E-state index is 0.164. The Hall–Kier alpha value is -3.07. The number of oxazole rings is 1. The SMILES string of the molecule is Cc1ncc(-c2ccc3cnc(NC(=O)N4[C@@H]5CC[C@H]4CC(NCCF)C5)nc3c2)o1. The molecule has 2 saturated heterocycles. The van der Waals surface area contributed by atoms with Gasteiger partial charge in [0, 0.05) is 48.7 Å². The molecule has 3 atom stereocenters. The lowest BCUT2D eigenvalue weighted by Crippen LogP contribution is -2.53. The van der Waals surface area contributed by atoms with Crippen LogP contribution < -0.4 is 10.6 Å². The zero-order chi connectivity index (χ0) is 21.4. The summed E-state index contributed by atoms with van der Waals surface area (Å²) in [6.45, 7) is 1.80. The summed E-state index contributed by atoms with van der Waals surface area (Å²) in [7, 11) is 0. The minimum Gasteiger partial charge on any atom is -0.441 e. The Kier molecular flexibility index (Phi) is 5.27. The van der Waals surface area contributed by atoms with Crippen LogP contribution in [-0.2, 0) is 0 Å². The lowest BCUT2D eigenvalue weighted by Gasteiger charge is -2.39. The van der Waals surface area contributed by atoms with E-state index < -0.39 is 0 Å². The maximum absolute atomic E-state index is 13.0. The molecule has 0 aliphatic carbocycles. The van der Waals surface area contributed by atoms with E-state index in [4.69, 9.17) is 4.42 Å². The van der Waals surface area contributed by atoms with Gasteiger partial charge >= 0.3 is 6.03 Å². The second kappa shape index (κ2) is 8.22. The fraction of sp³-hybridized carbons (Fsp3) is 0.455. The molecule has 9 heteroatoms. The van der Waals surface area contributed by atoms with Crippen molar-refractivity contribution in [1.29, 1.82) is 0 Å². The quantitative estimate of drug-likeness (QED) is 0.649. The van der Waals surface area contributed by atoms with Crippen molar-refractivity contribution in [1.82, 2.24) is 25.2 Å². The van der Waals surface area contributed by atoms with Crippen molar-refractivity contribution in [2.24, 2.45) is 0 Å². The number of benzene rings is 1. The Morgan fingerprint density at radius 1 is 1.23 bits per heavy atom. The number of nitrogens with one attached hydrogen (secondary N) is 2. The third-order valence-corrected chi connectivity index (χ3v) is 6.20. The first-order chi connectivity index (χ1) is 15.1. The van der Waals surface area contributed by atoms with Crippen LogP contribution in [0, 0.1) is 6.92 Å². The number of aromatic nitrogens is 3. The molecule has 31 heavy (non-hydrogen) atoms. The molecule has 5 rings (SSSR count). The second-order valence-electron chi connectivity index (χ2n) is 8.24. The Morgan fingerprint density at radius 3 is 2.74 bits per heavy atom. The molecule has 0 saturated carbocycles. The van der Waals surface area contributed by atoms with E-state index in [0.29, 0.717) is 23.7 Å². The highest BCUT2D eigenvalue weighted by Gasteiger charge is 2.43. The van der Waals surface area contributed by atoms with Crippen molar-refractivity contribution >= 4 is 22.9 Å². The third kappa shape index (κ3) is 3.97. The smallest absolute Gasteiger partial charge is 0.324 e.